The molecule has 1 heterocycles. The number of nitrogens with one attached hydrogen (secondary N) is 1. The molecule has 5 heteroatoms. The predicted molar refractivity (Wildman–Crippen MR) is 80.2 cm³/mol. The number of carbonyl (C=O) groups excluding carboxylic acids is 1. The summed E-state index contributed by atoms with van der Waals surface area (Å²) in [7, 11) is 0. The van der Waals surface area contributed by atoms with Gasteiger partial charge in [-0.3, -0.25) is 4.79 Å². The number of carbonyl (C=O) groups is 1. The molecule has 0 aliphatic carbocycles. The average Bonchev–Trinajstić information content (AvgIpc) is 2.81. The van der Waals surface area contributed by atoms with Gasteiger partial charge in [-0.2, -0.15) is 0 Å². The third-order valence-corrected chi connectivity index (χ3v) is 4.29. The minimum absolute atomic E-state index is 0. The van der Waals surface area contributed by atoms with Gasteiger partial charge < -0.3 is 11.1 Å². The summed E-state index contributed by atoms with van der Waals surface area (Å²) in [6, 6.07) is 3.78. The van der Waals surface area contributed by atoms with Crippen molar-refractivity contribution in [2.75, 3.05) is 0 Å². The van der Waals surface area contributed by atoms with Crippen LogP contribution in [0.4, 0.5) is 0 Å². The Kier molecular flexibility index (Phi) is 8.24. The van der Waals surface area contributed by atoms with Gasteiger partial charge in [0.25, 0.3) is 0 Å². The number of hydrogen-bond acceptors (Lipinski definition) is 3. The summed E-state index contributed by atoms with van der Waals surface area (Å²) >= 11 is 1.75. The number of halogens is 1. The second-order valence-corrected chi connectivity index (χ2v) is 5.60. The molecule has 2 unspecified atom stereocenters. The molecule has 0 aromatic carbocycles. The van der Waals surface area contributed by atoms with Gasteiger partial charge in [0, 0.05) is 9.75 Å². The van der Waals surface area contributed by atoms with Crippen molar-refractivity contribution in [1.82, 2.24) is 5.32 Å². The molecule has 3 N–H and O–H groups in total. The van der Waals surface area contributed by atoms with Gasteiger partial charge >= 0.3 is 0 Å². The maximum absolute atomic E-state index is 11.8. The molecule has 0 radical (unpaired) electrons. The van der Waals surface area contributed by atoms with Gasteiger partial charge in [0.15, 0.2) is 0 Å². The van der Waals surface area contributed by atoms with E-state index >= 15 is 0 Å². The van der Waals surface area contributed by atoms with Crippen molar-refractivity contribution in [3.05, 3.63) is 21.9 Å². The molecule has 0 saturated carbocycles. The highest BCUT2D eigenvalue weighted by atomic mass is 35.5. The van der Waals surface area contributed by atoms with Crippen LogP contribution in [0.2, 0.25) is 0 Å². The summed E-state index contributed by atoms with van der Waals surface area (Å²) in [6.45, 7) is 6.77. The maximum atomic E-state index is 11.8. The molecule has 18 heavy (non-hydrogen) atoms. The molecule has 1 aromatic heterocycles. The van der Waals surface area contributed by atoms with E-state index in [9.17, 15) is 4.79 Å². The molecule has 104 valence electrons. The Balaban J connectivity index is 0.00000289. The van der Waals surface area contributed by atoms with Crippen molar-refractivity contribution in [1.29, 1.82) is 0 Å². The van der Waals surface area contributed by atoms with Crippen LogP contribution in [0, 0.1) is 5.92 Å². The summed E-state index contributed by atoms with van der Waals surface area (Å²) in [5.74, 6) is 0.176. The monoisotopic (exact) mass is 290 g/mol. The second-order valence-electron chi connectivity index (χ2n) is 4.35. The van der Waals surface area contributed by atoms with Crippen molar-refractivity contribution in [2.24, 2.45) is 11.7 Å². The van der Waals surface area contributed by atoms with Gasteiger partial charge in [-0.15, -0.1) is 23.7 Å². The van der Waals surface area contributed by atoms with Gasteiger partial charge in [0.1, 0.15) is 0 Å². The van der Waals surface area contributed by atoms with Crippen molar-refractivity contribution in [3.8, 4) is 0 Å². The van der Waals surface area contributed by atoms with Gasteiger partial charge in [-0.05, 0) is 24.5 Å². The van der Waals surface area contributed by atoms with Gasteiger partial charge in [0.05, 0.1) is 12.6 Å². The first-order valence-corrected chi connectivity index (χ1v) is 7.01. The number of aryl methyl sites for hydroxylation is 1. The van der Waals surface area contributed by atoms with Crippen LogP contribution in [0.1, 0.15) is 36.9 Å². The van der Waals surface area contributed by atoms with Crippen LogP contribution < -0.4 is 11.1 Å². The highest BCUT2D eigenvalue weighted by molar-refractivity contribution is 7.11. The van der Waals surface area contributed by atoms with E-state index < -0.39 is 6.04 Å². The van der Waals surface area contributed by atoms with E-state index in [0.29, 0.717) is 6.54 Å². The minimum Gasteiger partial charge on any atom is -0.350 e. The molecular formula is C13H23ClN2OS. The fourth-order valence-electron chi connectivity index (χ4n) is 1.51. The Labute approximate surface area is 120 Å². The normalized spacial score (nSPS) is 13.6. The minimum atomic E-state index is -0.398. The number of thiophene rings is 1. The molecule has 0 spiro atoms. The Hall–Kier alpha value is -0.580. The van der Waals surface area contributed by atoms with Crippen LogP contribution in [-0.2, 0) is 17.8 Å². The molecule has 0 bridgehead atoms. The van der Waals surface area contributed by atoms with Crippen molar-refractivity contribution >= 4 is 29.7 Å². The quantitative estimate of drug-likeness (QED) is 0.846. The topological polar surface area (TPSA) is 55.1 Å². The van der Waals surface area contributed by atoms with E-state index in [1.165, 1.54) is 9.75 Å². The molecule has 0 saturated heterocycles. The number of nitrogens with two attached hydrogens (primary N) is 1. The van der Waals surface area contributed by atoms with Crippen LogP contribution in [0.3, 0.4) is 0 Å². The van der Waals surface area contributed by atoms with Crippen molar-refractivity contribution in [3.63, 3.8) is 0 Å². The number of amides is 1. The van der Waals surface area contributed by atoms with Crippen LogP contribution in [-0.4, -0.2) is 11.9 Å². The Morgan fingerprint density at radius 1 is 1.39 bits per heavy atom. The largest absolute Gasteiger partial charge is 0.350 e. The molecule has 0 aliphatic rings. The van der Waals surface area contributed by atoms with Crippen molar-refractivity contribution < 1.29 is 4.79 Å². The molecular weight excluding hydrogens is 268 g/mol. The van der Waals surface area contributed by atoms with Crippen LogP contribution in [0.15, 0.2) is 12.1 Å². The summed E-state index contributed by atoms with van der Waals surface area (Å²) in [4.78, 5) is 14.3. The predicted octanol–water partition coefficient (Wildman–Crippen LogP) is 2.72. The Morgan fingerprint density at radius 2 is 2.00 bits per heavy atom. The zero-order valence-electron chi connectivity index (χ0n) is 11.2. The van der Waals surface area contributed by atoms with Gasteiger partial charge in [0.2, 0.25) is 5.91 Å². The summed E-state index contributed by atoms with van der Waals surface area (Å²) < 4.78 is 0. The summed E-state index contributed by atoms with van der Waals surface area (Å²) in [5.41, 5.74) is 5.86. The molecule has 1 amide bonds. The third kappa shape index (κ3) is 4.96. The lowest BCUT2D eigenvalue weighted by Crippen LogP contribution is -2.44. The van der Waals surface area contributed by atoms with E-state index in [1.54, 1.807) is 11.3 Å². The smallest absolute Gasteiger partial charge is 0.237 e. The molecule has 0 aliphatic heterocycles. The standard InChI is InChI=1S/C13H22N2OS.ClH/c1-4-9(3)12(14)13(16)15-8-11-7-6-10(5-2)17-11;/h6-7,9,12H,4-5,8,14H2,1-3H3,(H,15,16);1H. The van der Waals surface area contributed by atoms with E-state index in [4.69, 9.17) is 5.73 Å². The fourth-order valence-corrected chi connectivity index (χ4v) is 2.41. The van der Waals surface area contributed by atoms with Gasteiger partial charge in [-0.1, -0.05) is 27.2 Å². The lowest BCUT2D eigenvalue weighted by molar-refractivity contribution is -0.123. The Morgan fingerprint density at radius 3 is 2.50 bits per heavy atom. The van der Waals surface area contributed by atoms with E-state index in [-0.39, 0.29) is 24.2 Å². The van der Waals surface area contributed by atoms with Crippen LogP contribution >= 0.6 is 23.7 Å². The lowest BCUT2D eigenvalue weighted by Gasteiger charge is -2.17. The Bertz CT molecular complexity index is 368. The number of hydrogen-bond donors (Lipinski definition) is 2. The highest BCUT2D eigenvalue weighted by Crippen LogP contribution is 2.16. The fraction of sp³-hybridized carbons (Fsp3) is 0.615. The molecule has 1 rings (SSSR count). The summed E-state index contributed by atoms with van der Waals surface area (Å²) in [5, 5.41) is 2.90. The highest BCUT2D eigenvalue weighted by Gasteiger charge is 2.18. The number of rotatable bonds is 6. The first kappa shape index (κ1) is 17.4. The van der Waals surface area contributed by atoms with E-state index in [2.05, 4.69) is 24.4 Å². The molecule has 2 atom stereocenters. The van der Waals surface area contributed by atoms with E-state index in [1.807, 2.05) is 13.8 Å². The zero-order valence-corrected chi connectivity index (χ0v) is 12.9. The maximum Gasteiger partial charge on any atom is 0.237 e. The zero-order chi connectivity index (χ0) is 12.8. The first-order chi connectivity index (χ1) is 8.08. The molecule has 1 aromatic rings. The van der Waals surface area contributed by atoms with Crippen LogP contribution in [0.5, 0.6) is 0 Å². The lowest BCUT2D eigenvalue weighted by atomic mass is 9.99. The average molecular weight is 291 g/mol. The summed E-state index contributed by atoms with van der Waals surface area (Å²) in [6.07, 6.45) is 1.97. The molecule has 0 fully saturated rings. The third-order valence-electron chi connectivity index (χ3n) is 3.06. The van der Waals surface area contributed by atoms with Crippen molar-refractivity contribution in [2.45, 2.75) is 46.2 Å². The second kappa shape index (κ2) is 8.51. The van der Waals surface area contributed by atoms with E-state index in [0.717, 1.165) is 12.8 Å². The van der Waals surface area contributed by atoms with Crippen LogP contribution in [0.25, 0.3) is 0 Å². The SMILES string of the molecule is CCc1ccc(CNC(=O)C(N)C(C)CC)s1.Cl. The van der Waals surface area contributed by atoms with Gasteiger partial charge in [-0.25, -0.2) is 0 Å². The molecule has 3 nitrogen and oxygen atoms in total. The first-order valence-electron chi connectivity index (χ1n) is 6.19.